The number of aromatic amines is 1. The van der Waals surface area contributed by atoms with Gasteiger partial charge in [-0.2, -0.15) is 0 Å². The molecule has 4 aromatic rings. The molecule has 174 valence electrons. The van der Waals surface area contributed by atoms with Crippen LogP contribution in [0.1, 0.15) is 35.7 Å². The normalized spacial score (nSPS) is 12.9. The number of hydrogen-bond donors (Lipinski definition) is 3. The number of aromatic nitrogens is 3. The number of amides is 1. The van der Waals surface area contributed by atoms with Gasteiger partial charge in [0.15, 0.2) is 5.82 Å². The molecular formula is C24H19F3N4O3. The van der Waals surface area contributed by atoms with E-state index in [0.29, 0.717) is 11.6 Å². The number of carbonyl (C=O) groups is 1. The van der Waals surface area contributed by atoms with E-state index in [9.17, 15) is 23.5 Å². The lowest BCUT2D eigenvalue weighted by atomic mass is 9.90. The minimum absolute atomic E-state index is 0.00448. The SMILES string of the molecule is C[C@@H](NC(=O)[C@H](Cc1ccc(O)cc1)c1c(F)c2ncccc2[nH]c1=O)c1ncc(F)cc1F. The summed E-state index contributed by atoms with van der Waals surface area (Å²) in [7, 11) is 0. The van der Waals surface area contributed by atoms with Gasteiger partial charge >= 0.3 is 0 Å². The number of phenolic OH excluding ortho intramolecular Hbond substituents is 1. The highest BCUT2D eigenvalue weighted by atomic mass is 19.1. The molecule has 0 bridgehead atoms. The van der Waals surface area contributed by atoms with Crippen molar-refractivity contribution in [3.05, 3.63) is 99.5 Å². The third-order valence-corrected chi connectivity index (χ3v) is 5.39. The van der Waals surface area contributed by atoms with Crippen LogP contribution in [-0.4, -0.2) is 26.0 Å². The van der Waals surface area contributed by atoms with E-state index in [2.05, 4.69) is 20.3 Å². The molecule has 10 heteroatoms. The number of nitrogens with zero attached hydrogens (tertiary/aromatic N) is 2. The summed E-state index contributed by atoms with van der Waals surface area (Å²) in [6.45, 7) is 1.43. The van der Waals surface area contributed by atoms with Gasteiger partial charge in [-0.05, 0) is 43.2 Å². The van der Waals surface area contributed by atoms with Crippen molar-refractivity contribution in [2.45, 2.75) is 25.3 Å². The Balaban J connectivity index is 1.75. The highest BCUT2D eigenvalue weighted by molar-refractivity contribution is 5.86. The standard InChI is InChI=1S/C24H19F3N4O3/c1-12(21-17(26)10-14(25)11-29-21)30-23(33)16(9-13-4-6-15(32)7-5-13)19-20(27)22-18(31-24(19)34)3-2-8-28-22/h2-8,10-12,16,32H,9H2,1H3,(H,30,33)(H,31,34)/t12-,16-/m1/s1. The Labute approximate surface area is 191 Å². The highest BCUT2D eigenvalue weighted by Gasteiger charge is 2.30. The molecule has 1 aromatic carbocycles. The van der Waals surface area contributed by atoms with Crippen molar-refractivity contribution in [2.24, 2.45) is 0 Å². The van der Waals surface area contributed by atoms with Crippen LogP contribution >= 0.6 is 0 Å². The largest absolute Gasteiger partial charge is 0.508 e. The predicted octanol–water partition coefficient (Wildman–Crippen LogP) is 3.64. The van der Waals surface area contributed by atoms with Crippen molar-refractivity contribution in [3.63, 3.8) is 0 Å². The van der Waals surface area contributed by atoms with Crippen LogP contribution in [0.5, 0.6) is 5.75 Å². The van der Waals surface area contributed by atoms with E-state index in [1.54, 1.807) is 0 Å². The number of aromatic hydroxyl groups is 1. The molecule has 3 aromatic heterocycles. The number of fused-ring (bicyclic) bond motifs is 1. The first-order valence-electron chi connectivity index (χ1n) is 10.3. The summed E-state index contributed by atoms with van der Waals surface area (Å²) in [6.07, 6.45) is 2.07. The monoisotopic (exact) mass is 468 g/mol. The van der Waals surface area contributed by atoms with E-state index in [0.717, 1.165) is 6.20 Å². The van der Waals surface area contributed by atoms with E-state index in [4.69, 9.17) is 0 Å². The predicted molar refractivity (Wildman–Crippen MR) is 118 cm³/mol. The first kappa shape index (κ1) is 23.0. The Morgan fingerprint density at radius 1 is 1.15 bits per heavy atom. The third kappa shape index (κ3) is 4.61. The molecule has 0 saturated heterocycles. The van der Waals surface area contributed by atoms with Crippen molar-refractivity contribution >= 4 is 16.9 Å². The topological polar surface area (TPSA) is 108 Å². The maximum absolute atomic E-state index is 15.5. The van der Waals surface area contributed by atoms with E-state index in [1.807, 2.05) is 0 Å². The van der Waals surface area contributed by atoms with E-state index < -0.39 is 46.4 Å². The van der Waals surface area contributed by atoms with Gasteiger partial charge in [-0.3, -0.25) is 19.6 Å². The number of halogens is 3. The average molecular weight is 468 g/mol. The summed E-state index contributed by atoms with van der Waals surface area (Å²) in [5.41, 5.74) is -0.861. The van der Waals surface area contributed by atoms with E-state index >= 15 is 4.39 Å². The van der Waals surface area contributed by atoms with Crippen molar-refractivity contribution in [1.29, 1.82) is 0 Å². The summed E-state index contributed by atoms with van der Waals surface area (Å²) in [5, 5.41) is 12.1. The second-order valence-electron chi connectivity index (χ2n) is 7.76. The summed E-state index contributed by atoms with van der Waals surface area (Å²) >= 11 is 0. The van der Waals surface area contributed by atoms with Gasteiger partial charge < -0.3 is 15.4 Å². The first-order chi connectivity index (χ1) is 16.2. The fourth-order valence-corrected chi connectivity index (χ4v) is 3.73. The molecule has 0 fully saturated rings. The van der Waals surface area contributed by atoms with Crippen LogP contribution < -0.4 is 10.9 Å². The Hall–Kier alpha value is -4.21. The van der Waals surface area contributed by atoms with Gasteiger partial charge in [0.25, 0.3) is 5.56 Å². The summed E-state index contributed by atoms with van der Waals surface area (Å²) in [5.74, 6) is -4.88. The maximum Gasteiger partial charge on any atom is 0.255 e. The van der Waals surface area contributed by atoms with Crippen LogP contribution in [-0.2, 0) is 11.2 Å². The molecule has 3 heterocycles. The number of benzene rings is 1. The highest BCUT2D eigenvalue weighted by Crippen LogP contribution is 2.26. The number of H-pyrrole nitrogens is 1. The van der Waals surface area contributed by atoms with Crippen LogP contribution in [0, 0.1) is 17.5 Å². The third-order valence-electron chi connectivity index (χ3n) is 5.39. The van der Waals surface area contributed by atoms with E-state index in [-0.39, 0.29) is 28.9 Å². The molecule has 0 aliphatic rings. The Morgan fingerprint density at radius 3 is 2.59 bits per heavy atom. The molecule has 3 N–H and O–H groups in total. The summed E-state index contributed by atoms with van der Waals surface area (Å²) < 4.78 is 42.8. The molecule has 0 saturated carbocycles. The van der Waals surface area contributed by atoms with Gasteiger partial charge in [0.2, 0.25) is 5.91 Å². The number of hydrogen-bond acceptors (Lipinski definition) is 5. The lowest BCUT2D eigenvalue weighted by molar-refractivity contribution is -0.123. The fraction of sp³-hybridized carbons (Fsp3) is 0.167. The minimum atomic E-state index is -1.33. The molecule has 0 aliphatic heterocycles. The number of carbonyl (C=O) groups excluding carboxylic acids is 1. The molecule has 0 unspecified atom stereocenters. The van der Waals surface area contributed by atoms with Crippen LogP contribution in [0.25, 0.3) is 11.0 Å². The quantitative estimate of drug-likeness (QED) is 0.401. The minimum Gasteiger partial charge on any atom is -0.508 e. The molecule has 1 amide bonds. The van der Waals surface area contributed by atoms with Crippen molar-refractivity contribution in [2.75, 3.05) is 0 Å². The van der Waals surface area contributed by atoms with Gasteiger partial charge in [-0.15, -0.1) is 0 Å². The van der Waals surface area contributed by atoms with Gasteiger partial charge in [-0.1, -0.05) is 12.1 Å². The smallest absolute Gasteiger partial charge is 0.255 e. The number of nitrogens with one attached hydrogen (secondary N) is 2. The lowest BCUT2D eigenvalue weighted by Gasteiger charge is -2.21. The zero-order valence-electron chi connectivity index (χ0n) is 17.8. The van der Waals surface area contributed by atoms with Crippen LogP contribution in [0.4, 0.5) is 13.2 Å². The summed E-state index contributed by atoms with van der Waals surface area (Å²) in [4.78, 5) is 36.3. The first-order valence-corrected chi connectivity index (χ1v) is 10.3. The van der Waals surface area contributed by atoms with Gasteiger partial charge in [-0.25, -0.2) is 13.2 Å². The van der Waals surface area contributed by atoms with Crippen LogP contribution in [0.2, 0.25) is 0 Å². The van der Waals surface area contributed by atoms with Crippen molar-refractivity contribution in [3.8, 4) is 5.75 Å². The van der Waals surface area contributed by atoms with Crippen LogP contribution in [0.3, 0.4) is 0 Å². The number of phenols is 1. The molecule has 7 nitrogen and oxygen atoms in total. The molecule has 2 atom stereocenters. The maximum atomic E-state index is 15.5. The van der Waals surface area contributed by atoms with Gasteiger partial charge in [0.1, 0.15) is 22.9 Å². The Morgan fingerprint density at radius 2 is 1.88 bits per heavy atom. The average Bonchev–Trinajstić information content (AvgIpc) is 2.79. The lowest BCUT2D eigenvalue weighted by Crippen LogP contribution is -2.36. The zero-order chi connectivity index (χ0) is 24.4. The van der Waals surface area contributed by atoms with Crippen molar-refractivity contribution in [1.82, 2.24) is 20.3 Å². The van der Waals surface area contributed by atoms with Gasteiger partial charge in [0, 0.05) is 12.3 Å². The summed E-state index contributed by atoms with van der Waals surface area (Å²) in [6, 6.07) is 8.51. The van der Waals surface area contributed by atoms with Crippen molar-refractivity contribution < 1.29 is 23.1 Å². The molecule has 0 radical (unpaired) electrons. The second-order valence-corrected chi connectivity index (χ2v) is 7.76. The number of pyridine rings is 3. The molecular weight excluding hydrogens is 449 g/mol. The van der Waals surface area contributed by atoms with Gasteiger partial charge in [0.05, 0.1) is 34.9 Å². The second kappa shape index (κ2) is 9.34. The Kier molecular flexibility index (Phi) is 6.31. The Bertz CT molecular complexity index is 1420. The molecule has 0 spiro atoms. The van der Waals surface area contributed by atoms with E-state index in [1.165, 1.54) is 49.5 Å². The fourth-order valence-electron chi connectivity index (χ4n) is 3.73. The van der Waals surface area contributed by atoms with Crippen LogP contribution in [0.15, 0.2) is 59.7 Å². The molecule has 4 rings (SSSR count). The molecule has 34 heavy (non-hydrogen) atoms. The molecule has 0 aliphatic carbocycles. The number of rotatable bonds is 6. The zero-order valence-corrected chi connectivity index (χ0v) is 17.8.